The van der Waals surface area contributed by atoms with Crippen molar-refractivity contribution in [1.29, 1.82) is 0 Å². The van der Waals surface area contributed by atoms with Gasteiger partial charge in [0.05, 0.1) is 11.4 Å². The summed E-state index contributed by atoms with van der Waals surface area (Å²) in [5.41, 5.74) is 7.95. The maximum atomic E-state index is 14.1. The molecule has 3 heterocycles. The summed E-state index contributed by atoms with van der Waals surface area (Å²) in [7, 11) is 0. The van der Waals surface area contributed by atoms with Crippen molar-refractivity contribution in [3.8, 4) is 16.9 Å². The van der Waals surface area contributed by atoms with Gasteiger partial charge in [0.25, 0.3) is 0 Å². The molecule has 5 rings (SSSR count). The van der Waals surface area contributed by atoms with E-state index < -0.39 is 5.82 Å². The van der Waals surface area contributed by atoms with Crippen LogP contribution in [0.25, 0.3) is 16.7 Å². The van der Waals surface area contributed by atoms with E-state index in [0.717, 1.165) is 77.5 Å². The fourth-order valence-electron chi connectivity index (χ4n) is 5.34. The summed E-state index contributed by atoms with van der Waals surface area (Å²) < 4.78 is 14.1. The molecule has 5 nitrogen and oxygen atoms in total. The standard InChI is InChI=1S/C28H33FN4O/c1-4-19-13-27(34)24(29)14-23(19)20-7-8-22(17(2)12-20)18(3)28-31-25-9-11-33(16-26(25)32-28)15-21-6-5-10-30-21/h7-8,12-14,21,30,34H,3-6,9-11,15-16H2,1-2H3,(H,31,32). The molecule has 0 saturated carbocycles. The fourth-order valence-corrected chi connectivity index (χ4v) is 5.34. The summed E-state index contributed by atoms with van der Waals surface area (Å²) >= 11 is 0. The minimum absolute atomic E-state index is 0.304. The van der Waals surface area contributed by atoms with E-state index in [0.29, 0.717) is 12.5 Å². The molecule has 0 amide bonds. The summed E-state index contributed by atoms with van der Waals surface area (Å²) in [6.07, 6.45) is 4.20. The highest BCUT2D eigenvalue weighted by Gasteiger charge is 2.25. The zero-order chi connectivity index (χ0) is 23.8. The second kappa shape index (κ2) is 9.35. The van der Waals surface area contributed by atoms with Crippen LogP contribution in [0.2, 0.25) is 0 Å². The summed E-state index contributed by atoms with van der Waals surface area (Å²) in [5.74, 6) is -0.0777. The Labute approximate surface area is 200 Å². The number of aromatic hydroxyl groups is 1. The van der Waals surface area contributed by atoms with Gasteiger partial charge in [0.2, 0.25) is 0 Å². The Morgan fingerprint density at radius 3 is 2.88 bits per heavy atom. The monoisotopic (exact) mass is 460 g/mol. The third kappa shape index (κ3) is 4.40. The van der Waals surface area contributed by atoms with Crippen LogP contribution in [0.5, 0.6) is 5.75 Å². The van der Waals surface area contributed by atoms with E-state index in [1.54, 1.807) is 0 Å². The second-order valence-corrected chi connectivity index (χ2v) is 9.61. The van der Waals surface area contributed by atoms with Crippen molar-refractivity contribution in [2.75, 3.05) is 19.6 Å². The van der Waals surface area contributed by atoms with E-state index in [1.807, 2.05) is 26.0 Å². The normalized spacial score (nSPS) is 18.3. The van der Waals surface area contributed by atoms with Crippen LogP contribution in [0.4, 0.5) is 4.39 Å². The lowest BCUT2D eigenvalue weighted by molar-refractivity contribution is 0.228. The van der Waals surface area contributed by atoms with Crippen LogP contribution in [0.15, 0.2) is 36.9 Å². The Morgan fingerprint density at radius 1 is 1.29 bits per heavy atom. The Balaban J connectivity index is 1.36. The molecule has 34 heavy (non-hydrogen) atoms. The predicted octanol–water partition coefficient (Wildman–Crippen LogP) is 4.96. The van der Waals surface area contributed by atoms with Gasteiger partial charge in [-0.1, -0.05) is 31.7 Å². The predicted molar refractivity (Wildman–Crippen MR) is 134 cm³/mol. The van der Waals surface area contributed by atoms with Gasteiger partial charge in [0.15, 0.2) is 11.6 Å². The first-order chi connectivity index (χ1) is 16.4. The van der Waals surface area contributed by atoms with Crippen LogP contribution >= 0.6 is 0 Å². The molecule has 2 aliphatic heterocycles. The summed E-state index contributed by atoms with van der Waals surface area (Å²) in [5, 5.41) is 13.3. The van der Waals surface area contributed by atoms with Crippen LogP contribution in [-0.4, -0.2) is 45.7 Å². The van der Waals surface area contributed by atoms with Gasteiger partial charge in [-0.05, 0) is 72.7 Å². The highest BCUT2D eigenvalue weighted by Crippen LogP contribution is 2.33. The number of imidazole rings is 1. The van der Waals surface area contributed by atoms with Crippen LogP contribution in [0.1, 0.15) is 53.7 Å². The molecule has 2 aromatic carbocycles. The van der Waals surface area contributed by atoms with E-state index in [1.165, 1.54) is 30.7 Å². The number of hydrogen-bond donors (Lipinski definition) is 3. The molecule has 0 aliphatic carbocycles. The maximum absolute atomic E-state index is 14.1. The van der Waals surface area contributed by atoms with Crippen molar-refractivity contribution in [3.05, 3.63) is 76.6 Å². The van der Waals surface area contributed by atoms with Gasteiger partial charge in [-0.25, -0.2) is 9.37 Å². The molecule has 0 bridgehead atoms. The molecule has 1 atom stereocenters. The second-order valence-electron chi connectivity index (χ2n) is 9.61. The van der Waals surface area contributed by atoms with Crippen LogP contribution < -0.4 is 5.32 Å². The van der Waals surface area contributed by atoms with Crippen LogP contribution in [-0.2, 0) is 19.4 Å². The molecule has 0 spiro atoms. The third-order valence-corrected chi connectivity index (χ3v) is 7.25. The van der Waals surface area contributed by atoms with E-state index in [-0.39, 0.29) is 5.75 Å². The number of aryl methyl sites for hydroxylation is 2. The summed E-state index contributed by atoms with van der Waals surface area (Å²) in [6.45, 7) is 12.6. The highest BCUT2D eigenvalue weighted by atomic mass is 19.1. The number of phenols is 1. The van der Waals surface area contributed by atoms with E-state index in [9.17, 15) is 9.50 Å². The van der Waals surface area contributed by atoms with E-state index >= 15 is 0 Å². The van der Waals surface area contributed by atoms with Gasteiger partial charge in [-0.3, -0.25) is 4.90 Å². The Kier molecular flexibility index (Phi) is 6.28. The highest BCUT2D eigenvalue weighted by molar-refractivity contribution is 5.79. The molecule has 6 heteroatoms. The fraction of sp³-hybridized carbons (Fsp3) is 0.393. The smallest absolute Gasteiger partial charge is 0.165 e. The largest absolute Gasteiger partial charge is 0.505 e. The number of hydrogen-bond acceptors (Lipinski definition) is 4. The van der Waals surface area contributed by atoms with Crippen LogP contribution in [0, 0.1) is 12.7 Å². The van der Waals surface area contributed by atoms with Crippen molar-refractivity contribution in [2.24, 2.45) is 0 Å². The number of halogens is 1. The number of nitrogens with one attached hydrogen (secondary N) is 2. The minimum Gasteiger partial charge on any atom is -0.505 e. The van der Waals surface area contributed by atoms with Crippen molar-refractivity contribution >= 4 is 5.57 Å². The Hall–Kier alpha value is -2.96. The van der Waals surface area contributed by atoms with Crippen LogP contribution in [0.3, 0.4) is 0 Å². The zero-order valence-electron chi connectivity index (χ0n) is 20.0. The van der Waals surface area contributed by atoms with Crippen molar-refractivity contribution < 1.29 is 9.50 Å². The number of nitrogens with zero attached hydrogens (tertiary/aromatic N) is 2. The van der Waals surface area contributed by atoms with Gasteiger partial charge in [-0.2, -0.15) is 0 Å². The molecule has 1 aromatic heterocycles. The summed E-state index contributed by atoms with van der Waals surface area (Å²) in [4.78, 5) is 10.9. The number of fused-ring (bicyclic) bond motifs is 1. The number of phenolic OH excluding ortho intramolecular Hbond substituents is 1. The molecule has 178 valence electrons. The lowest BCUT2D eigenvalue weighted by Crippen LogP contribution is -2.40. The maximum Gasteiger partial charge on any atom is 0.165 e. The first-order valence-electron chi connectivity index (χ1n) is 12.3. The van der Waals surface area contributed by atoms with E-state index in [4.69, 9.17) is 4.98 Å². The molecule has 3 N–H and O–H groups in total. The molecule has 1 unspecified atom stereocenters. The van der Waals surface area contributed by atoms with Gasteiger partial charge in [0.1, 0.15) is 5.82 Å². The molecule has 1 fully saturated rings. The van der Waals surface area contributed by atoms with Gasteiger partial charge in [-0.15, -0.1) is 0 Å². The third-order valence-electron chi connectivity index (χ3n) is 7.25. The quantitative estimate of drug-likeness (QED) is 0.486. The first-order valence-corrected chi connectivity index (χ1v) is 12.3. The lowest BCUT2D eigenvalue weighted by atomic mass is 9.93. The molecule has 0 radical (unpaired) electrons. The number of rotatable bonds is 6. The first kappa shape index (κ1) is 22.8. The zero-order valence-corrected chi connectivity index (χ0v) is 20.0. The van der Waals surface area contributed by atoms with Crippen molar-refractivity contribution in [3.63, 3.8) is 0 Å². The number of H-pyrrole nitrogens is 1. The average molecular weight is 461 g/mol. The minimum atomic E-state index is -0.600. The number of benzene rings is 2. The topological polar surface area (TPSA) is 64.2 Å². The molecular formula is C28H33FN4O. The van der Waals surface area contributed by atoms with Gasteiger partial charge in [0, 0.05) is 37.7 Å². The average Bonchev–Trinajstić information content (AvgIpc) is 3.49. The number of aromatic amines is 1. The van der Waals surface area contributed by atoms with E-state index in [2.05, 4.69) is 27.8 Å². The summed E-state index contributed by atoms with van der Waals surface area (Å²) in [6, 6.07) is 9.64. The van der Waals surface area contributed by atoms with Gasteiger partial charge >= 0.3 is 0 Å². The van der Waals surface area contributed by atoms with Gasteiger partial charge < -0.3 is 15.4 Å². The lowest BCUT2D eigenvalue weighted by Gasteiger charge is -2.28. The van der Waals surface area contributed by atoms with Crippen molar-refractivity contribution in [1.82, 2.24) is 20.2 Å². The SMILES string of the molecule is C=C(c1nc2c([nH]1)CN(CC1CCCN1)CC2)c1ccc(-c2cc(F)c(O)cc2CC)cc1C. The Bertz CT molecular complexity index is 1230. The Morgan fingerprint density at radius 2 is 2.15 bits per heavy atom. The van der Waals surface area contributed by atoms with Crippen molar-refractivity contribution in [2.45, 2.75) is 52.1 Å². The molecule has 2 aliphatic rings. The molecular weight excluding hydrogens is 427 g/mol. The molecule has 1 saturated heterocycles. The molecule has 3 aromatic rings. The number of aromatic nitrogens is 2.